The fraction of sp³-hybridized carbons (Fsp3) is 0.222. The predicted molar refractivity (Wildman–Crippen MR) is 53.5 cm³/mol. The lowest BCUT2D eigenvalue weighted by Gasteiger charge is -2.12. The number of halogens is 2. The van der Waals surface area contributed by atoms with E-state index < -0.39 is 17.9 Å². The largest absolute Gasteiger partial charge is 0.479 e. The standard InChI is InChI=1S/C9H9ClFNO3/c1-4(9(13)14)15-8-3-7(12)6(11)2-5(8)10/h2-4H,12H2,1H3,(H,13,14). The highest BCUT2D eigenvalue weighted by molar-refractivity contribution is 6.32. The maximum atomic E-state index is 12.9. The Bertz CT molecular complexity index is 397. The van der Waals surface area contributed by atoms with Crippen molar-refractivity contribution in [1.29, 1.82) is 0 Å². The summed E-state index contributed by atoms with van der Waals surface area (Å²) in [7, 11) is 0. The molecule has 1 rings (SSSR count). The van der Waals surface area contributed by atoms with Crippen LogP contribution >= 0.6 is 11.6 Å². The van der Waals surface area contributed by atoms with Crippen molar-refractivity contribution in [2.45, 2.75) is 13.0 Å². The third-order valence-corrected chi connectivity index (χ3v) is 2.00. The molecular formula is C9H9ClFNO3. The molecule has 0 aliphatic rings. The van der Waals surface area contributed by atoms with Crippen molar-refractivity contribution in [3.05, 3.63) is 23.0 Å². The molecule has 0 radical (unpaired) electrons. The fourth-order valence-corrected chi connectivity index (χ4v) is 1.07. The van der Waals surface area contributed by atoms with Crippen LogP contribution in [0.2, 0.25) is 5.02 Å². The quantitative estimate of drug-likeness (QED) is 0.783. The Morgan fingerprint density at radius 2 is 2.27 bits per heavy atom. The van der Waals surface area contributed by atoms with Gasteiger partial charge in [0.2, 0.25) is 0 Å². The van der Waals surface area contributed by atoms with Gasteiger partial charge in [0, 0.05) is 6.07 Å². The van der Waals surface area contributed by atoms with E-state index in [0.717, 1.165) is 12.1 Å². The predicted octanol–water partition coefficient (Wildman–Crippen LogP) is 1.91. The van der Waals surface area contributed by atoms with Crippen molar-refractivity contribution in [2.75, 3.05) is 5.73 Å². The number of hydrogen-bond donors (Lipinski definition) is 2. The van der Waals surface area contributed by atoms with Crippen molar-refractivity contribution in [2.24, 2.45) is 0 Å². The summed E-state index contributed by atoms with van der Waals surface area (Å²) >= 11 is 5.64. The van der Waals surface area contributed by atoms with Gasteiger partial charge in [0.05, 0.1) is 10.7 Å². The SMILES string of the molecule is CC(Oc1cc(N)c(F)cc1Cl)C(=O)O. The molecule has 1 aromatic carbocycles. The fourth-order valence-electron chi connectivity index (χ4n) is 0.876. The Balaban J connectivity index is 2.95. The van der Waals surface area contributed by atoms with Crippen LogP contribution in [0.4, 0.5) is 10.1 Å². The summed E-state index contributed by atoms with van der Waals surface area (Å²) in [6, 6.07) is 2.12. The molecule has 4 nitrogen and oxygen atoms in total. The molecule has 0 spiro atoms. The summed E-state index contributed by atoms with van der Waals surface area (Å²) < 4.78 is 17.8. The lowest BCUT2D eigenvalue weighted by molar-refractivity contribution is -0.144. The van der Waals surface area contributed by atoms with E-state index in [1.54, 1.807) is 0 Å². The van der Waals surface area contributed by atoms with Gasteiger partial charge in [-0.15, -0.1) is 0 Å². The first-order valence-corrected chi connectivity index (χ1v) is 4.43. The van der Waals surface area contributed by atoms with Gasteiger partial charge in [-0.05, 0) is 13.0 Å². The van der Waals surface area contributed by atoms with Crippen LogP contribution in [-0.4, -0.2) is 17.2 Å². The van der Waals surface area contributed by atoms with Gasteiger partial charge >= 0.3 is 5.97 Å². The molecule has 0 aliphatic heterocycles. The molecule has 6 heteroatoms. The number of hydrogen-bond acceptors (Lipinski definition) is 3. The van der Waals surface area contributed by atoms with Crippen LogP contribution in [0.3, 0.4) is 0 Å². The van der Waals surface area contributed by atoms with E-state index in [4.69, 9.17) is 27.2 Å². The van der Waals surface area contributed by atoms with Crippen molar-refractivity contribution < 1.29 is 19.0 Å². The van der Waals surface area contributed by atoms with Crippen molar-refractivity contribution in [3.63, 3.8) is 0 Å². The van der Waals surface area contributed by atoms with E-state index in [-0.39, 0.29) is 16.5 Å². The van der Waals surface area contributed by atoms with E-state index >= 15 is 0 Å². The number of carbonyl (C=O) groups is 1. The summed E-state index contributed by atoms with van der Waals surface area (Å²) in [5.74, 6) is -1.77. The topological polar surface area (TPSA) is 72.5 Å². The Kier molecular flexibility index (Phi) is 3.36. The van der Waals surface area contributed by atoms with Crippen molar-refractivity contribution in [3.8, 4) is 5.75 Å². The summed E-state index contributed by atoms with van der Waals surface area (Å²) in [5, 5.41) is 8.57. The number of ether oxygens (including phenoxy) is 1. The summed E-state index contributed by atoms with van der Waals surface area (Å²) in [6.45, 7) is 1.33. The second kappa shape index (κ2) is 4.35. The van der Waals surface area contributed by atoms with Crippen LogP contribution in [0.1, 0.15) is 6.92 Å². The Morgan fingerprint density at radius 3 is 2.80 bits per heavy atom. The van der Waals surface area contributed by atoms with Crippen LogP contribution in [0, 0.1) is 5.82 Å². The van der Waals surface area contributed by atoms with Gasteiger partial charge in [0.25, 0.3) is 0 Å². The lowest BCUT2D eigenvalue weighted by Crippen LogP contribution is -2.23. The van der Waals surface area contributed by atoms with Gasteiger partial charge in [-0.3, -0.25) is 0 Å². The molecule has 82 valence electrons. The zero-order valence-electron chi connectivity index (χ0n) is 7.83. The highest BCUT2D eigenvalue weighted by atomic mass is 35.5. The maximum absolute atomic E-state index is 12.9. The molecule has 0 amide bonds. The molecule has 0 fully saturated rings. The van der Waals surface area contributed by atoms with Crippen LogP contribution in [0.5, 0.6) is 5.75 Å². The number of benzene rings is 1. The highest BCUT2D eigenvalue weighted by Crippen LogP contribution is 2.29. The minimum Gasteiger partial charge on any atom is -0.479 e. The highest BCUT2D eigenvalue weighted by Gasteiger charge is 2.15. The van der Waals surface area contributed by atoms with Gasteiger partial charge < -0.3 is 15.6 Å². The van der Waals surface area contributed by atoms with E-state index in [1.165, 1.54) is 6.92 Å². The summed E-state index contributed by atoms with van der Waals surface area (Å²) in [4.78, 5) is 10.5. The monoisotopic (exact) mass is 233 g/mol. The number of nitrogens with two attached hydrogens (primary N) is 1. The first-order chi connectivity index (χ1) is 6.91. The minimum absolute atomic E-state index is 0.0187. The number of carboxylic acids is 1. The lowest BCUT2D eigenvalue weighted by atomic mass is 10.3. The van der Waals surface area contributed by atoms with E-state index in [2.05, 4.69) is 0 Å². The zero-order valence-corrected chi connectivity index (χ0v) is 8.58. The molecule has 1 atom stereocenters. The Hall–Kier alpha value is -1.49. The van der Waals surface area contributed by atoms with E-state index in [0.29, 0.717) is 0 Å². The molecule has 0 bridgehead atoms. The van der Waals surface area contributed by atoms with Crippen LogP contribution in [-0.2, 0) is 4.79 Å². The first kappa shape index (κ1) is 11.6. The molecule has 0 saturated carbocycles. The van der Waals surface area contributed by atoms with Crippen LogP contribution in [0.25, 0.3) is 0 Å². The zero-order chi connectivity index (χ0) is 11.6. The third-order valence-electron chi connectivity index (χ3n) is 1.70. The van der Waals surface area contributed by atoms with Gasteiger partial charge in [-0.1, -0.05) is 11.6 Å². The first-order valence-electron chi connectivity index (χ1n) is 4.05. The molecule has 1 aromatic rings. The number of rotatable bonds is 3. The van der Waals surface area contributed by atoms with Gasteiger partial charge in [-0.25, -0.2) is 9.18 Å². The maximum Gasteiger partial charge on any atom is 0.344 e. The molecule has 15 heavy (non-hydrogen) atoms. The minimum atomic E-state index is -1.14. The average molecular weight is 234 g/mol. The second-order valence-electron chi connectivity index (χ2n) is 2.90. The molecule has 0 aliphatic carbocycles. The van der Waals surface area contributed by atoms with Gasteiger partial charge in [-0.2, -0.15) is 0 Å². The molecule has 0 aromatic heterocycles. The van der Waals surface area contributed by atoms with Crippen LogP contribution in [0.15, 0.2) is 12.1 Å². The number of anilines is 1. The molecular weight excluding hydrogens is 225 g/mol. The summed E-state index contributed by atoms with van der Waals surface area (Å²) in [5.41, 5.74) is 5.13. The van der Waals surface area contributed by atoms with Crippen molar-refractivity contribution in [1.82, 2.24) is 0 Å². The smallest absolute Gasteiger partial charge is 0.344 e. The summed E-state index contributed by atoms with van der Waals surface area (Å²) in [6.07, 6.45) is -1.08. The number of carboxylic acid groups (broad SMARTS) is 1. The molecule has 3 N–H and O–H groups in total. The normalized spacial score (nSPS) is 12.2. The average Bonchev–Trinajstić information content (AvgIpc) is 2.13. The number of aliphatic carboxylic acids is 1. The molecule has 1 unspecified atom stereocenters. The Morgan fingerprint density at radius 1 is 1.67 bits per heavy atom. The Labute approximate surface area is 90.4 Å². The van der Waals surface area contributed by atoms with Gasteiger partial charge in [0.15, 0.2) is 6.10 Å². The van der Waals surface area contributed by atoms with Crippen molar-refractivity contribution >= 4 is 23.3 Å². The third kappa shape index (κ3) is 2.73. The van der Waals surface area contributed by atoms with E-state index in [1.807, 2.05) is 0 Å². The molecule has 0 saturated heterocycles. The van der Waals surface area contributed by atoms with E-state index in [9.17, 15) is 9.18 Å². The molecule has 0 heterocycles. The van der Waals surface area contributed by atoms with Crippen LogP contribution < -0.4 is 10.5 Å². The van der Waals surface area contributed by atoms with Gasteiger partial charge in [0.1, 0.15) is 11.6 Å². The second-order valence-corrected chi connectivity index (χ2v) is 3.31. The number of nitrogen functional groups attached to an aromatic ring is 1.